The molecule has 114 valence electrons. The molecule has 0 saturated carbocycles. The van der Waals surface area contributed by atoms with Gasteiger partial charge < -0.3 is 10.1 Å². The van der Waals surface area contributed by atoms with E-state index in [4.69, 9.17) is 9.73 Å². The predicted octanol–water partition coefficient (Wildman–Crippen LogP) is 2.10. The zero-order valence-corrected chi connectivity index (χ0v) is 13.5. The predicted molar refractivity (Wildman–Crippen MR) is 85.5 cm³/mol. The van der Waals surface area contributed by atoms with Gasteiger partial charge >= 0.3 is 0 Å². The molecule has 1 N–H and O–H groups in total. The molecule has 0 aliphatic carbocycles. The number of nitrogens with one attached hydrogen (secondary N) is 1. The topological polar surface area (TPSA) is 36.9 Å². The number of fused-ring (bicyclic) bond motifs is 1. The molecular weight excluding hydrogens is 270 g/mol. The number of amidine groups is 1. The van der Waals surface area contributed by atoms with E-state index in [2.05, 4.69) is 24.1 Å². The molecule has 3 rings (SSSR count). The molecule has 3 saturated heterocycles. The van der Waals surface area contributed by atoms with Crippen LogP contribution in [0.1, 0.15) is 39.5 Å². The maximum atomic E-state index is 5.97. The zero-order chi connectivity index (χ0) is 14.0. The molecule has 0 aromatic carbocycles. The first-order chi connectivity index (χ1) is 9.74. The van der Waals surface area contributed by atoms with E-state index >= 15 is 0 Å². The summed E-state index contributed by atoms with van der Waals surface area (Å²) in [5, 5.41) is 4.76. The van der Waals surface area contributed by atoms with Crippen molar-refractivity contribution in [2.45, 2.75) is 57.2 Å². The summed E-state index contributed by atoms with van der Waals surface area (Å²) in [7, 11) is 0. The first kappa shape index (κ1) is 14.7. The Balaban J connectivity index is 1.51. The van der Waals surface area contributed by atoms with E-state index in [0.29, 0.717) is 6.04 Å². The number of morpholine rings is 1. The summed E-state index contributed by atoms with van der Waals surface area (Å²) in [5.41, 5.74) is 0.275. The molecule has 20 heavy (non-hydrogen) atoms. The Morgan fingerprint density at radius 2 is 2.30 bits per heavy atom. The van der Waals surface area contributed by atoms with Crippen LogP contribution in [0.4, 0.5) is 0 Å². The maximum Gasteiger partial charge on any atom is 0.157 e. The minimum absolute atomic E-state index is 0.275. The van der Waals surface area contributed by atoms with E-state index < -0.39 is 0 Å². The van der Waals surface area contributed by atoms with Crippen LogP contribution in [0.3, 0.4) is 0 Å². The highest BCUT2D eigenvalue weighted by Crippen LogP contribution is 2.29. The lowest BCUT2D eigenvalue weighted by Gasteiger charge is -2.34. The van der Waals surface area contributed by atoms with Crippen LogP contribution in [0.25, 0.3) is 0 Å². The van der Waals surface area contributed by atoms with Crippen molar-refractivity contribution in [3.05, 3.63) is 0 Å². The van der Waals surface area contributed by atoms with Gasteiger partial charge in [-0.15, -0.1) is 0 Å². The molecule has 0 bridgehead atoms. The lowest BCUT2D eigenvalue weighted by Crippen LogP contribution is -2.47. The van der Waals surface area contributed by atoms with Crippen molar-refractivity contribution in [2.24, 2.45) is 4.99 Å². The summed E-state index contributed by atoms with van der Waals surface area (Å²) >= 11 is 1.88. The van der Waals surface area contributed by atoms with E-state index in [9.17, 15) is 0 Å². The first-order valence-electron chi connectivity index (χ1n) is 8.06. The Kier molecular flexibility index (Phi) is 4.58. The standard InChI is InChI=1S/C15H27N3OS/c1-3-15(4-2)11-20-14(17-15)16-8-13-9-18-7-5-6-12(18)10-19-13/h12-13H,3-11H2,1-2H3,(H,16,17). The molecular formula is C15H27N3OS. The number of hydrogen-bond acceptors (Lipinski definition) is 4. The van der Waals surface area contributed by atoms with Gasteiger partial charge in [-0.05, 0) is 32.2 Å². The van der Waals surface area contributed by atoms with Gasteiger partial charge in [0.05, 0.1) is 19.3 Å². The first-order valence-corrected chi connectivity index (χ1v) is 9.04. The number of ether oxygens (including phenoxy) is 1. The highest BCUT2D eigenvalue weighted by Gasteiger charge is 2.35. The summed E-state index contributed by atoms with van der Waals surface area (Å²) < 4.78 is 5.97. The Labute approximate surface area is 126 Å². The molecule has 3 heterocycles. The minimum Gasteiger partial charge on any atom is -0.373 e. The van der Waals surface area contributed by atoms with Gasteiger partial charge in [-0.25, -0.2) is 0 Å². The molecule has 0 amide bonds. The Morgan fingerprint density at radius 1 is 1.45 bits per heavy atom. The molecule has 2 atom stereocenters. The van der Waals surface area contributed by atoms with Crippen LogP contribution in [0.5, 0.6) is 0 Å². The average molecular weight is 297 g/mol. The number of thioether (sulfide) groups is 1. The fourth-order valence-corrected chi connectivity index (χ4v) is 4.75. The van der Waals surface area contributed by atoms with E-state index in [1.165, 1.54) is 32.2 Å². The molecule has 5 heteroatoms. The van der Waals surface area contributed by atoms with Crippen LogP contribution < -0.4 is 5.32 Å². The van der Waals surface area contributed by atoms with Gasteiger partial charge in [-0.1, -0.05) is 25.6 Å². The quantitative estimate of drug-likeness (QED) is 0.862. The highest BCUT2D eigenvalue weighted by atomic mass is 32.2. The number of rotatable bonds is 4. The highest BCUT2D eigenvalue weighted by molar-refractivity contribution is 8.14. The van der Waals surface area contributed by atoms with Crippen LogP contribution in [0.15, 0.2) is 4.99 Å². The largest absolute Gasteiger partial charge is 0.373 e. The van der Waals surface area contributed by atoms with Crippen molar-refractivity contribution < 1.29 is 4.74 Å². The van der Waals surface area contributed by atoms with E-state index in [1.54, 1.807) is 0 Å². The third-order valence-electron chi connectivity index (χ3n) is 5.11. The number of nitrogens with zero attached hydrogens (tertiary/aromatic N) is 2. The van der Waals surface area contributed by atoms with Crippen molar-refractivity contribution >= 4 is 16.9 Å². The summed E-state index contributed by atoms with van der Waals surface area (Å²) in [5.74, 6) is 1.15. The molecule has 0 aromatic heterocycles. The summed E-state index contributed by atoms with van der Waals surface area (Å²) in [6, 6.07) is 0.686. The normalized spacial score (nSPS) is 35.2. The van der Waals surface area contributed by atoms with Gasteiger partial charge in [-0.2, -0.15) is 0 Å². The fourth-order valence-electron chi connectivity index (χ4n) is 3.40. The lowest BCUT2D eigenvalue weighted by molar-refractivity contribution is -0.0431. The van der Waals surface area contributed by atoms with Crippen molar-refractivity contribution in [2.75, 3.05) is 32.0 Å². The summed E-state index contributed by atoms with van der Waals surface area (Å²) in [4.78, 5) is 7.36. The third-order valence-corrected chi connectivity index (χ3v) is 6.31. The second kappa shape index (κ2) is 6.24. The van der Waals surface area contributed by atoms with Crippen molar-refractivity contribution in [3.8, 4) is 0 Å². The van der Waals surface area contributed by atoms with Crippen LogP contribution in [0.2, 0.25) is 0 Å². The SMILES string of the molecule is CCC1(CC)CSC(=NCC2CN3CCCC3CO2)N1. The molecule has 3 aliphatic rings. The van der Waals surface area contributed by atoms with E-state index in [0.717, 1.165) is 30.6 Å². The Hall–Kier alpha value is -0.260. The van der Waals surface area contributed by atoms with Gasteiger partial charge in [-0.3, -0.25) is 9.89 Å². The second-order valence-electron chi connectivity index (χ2n) is 6.29. The van der Waals surface area contributed by atoms with Gasteiger partial charge in [0.1, 0.15) is 0 Å². The maximum absolute atomic E-state index is 5.97. The molecule has 4 nitrogen and oxygen atoms in total. The molecule has 3 fully saturated rings. The van der Waals surface area contributed by atoms with Crippen molar-refractivity contribution in [1.29, 1.82) is 0 Å². The summed E-state index contributed by atoms with van der Waals surface area (Å²) in [6.45, 7) is 8.56. The van der Waals surface area contributed by atoms with Crippen LogP contribution >= 0.6 is 11.8 Å². The molecule has 0 aromatic rings. The van der Waals surface area contributed by atoms with Gasteiger partial charge in [0.25, 0.3) is 0 Å². The van der Waals surface area contributed by atoms with Gasteiger partial charge in [0, 0.05) is 23.9 Å². The Bertz CT molecular complexity index is 370. The minimum atomic E-state index is 0.275. The van der Waals surface area contributed by atoms with Crippen LogP contribution in [-0.4, -0.2) is 59.7 Å². The van der Waals surface area contributed by atoms with E-state index in [-0.39, 0.29) is 11.6 Å². The number of aliphatic imine (C=N–C) groups is 1. The molecule has 0 spiro atoms. The number of hydrogen-bond donors (Lipinski definition) is 1. The average Bonchev–Trinajstić information content (AvgIpc) is 3.11. The van der Waals surface area contributed by atoms with Crippen molar-refractivity contribution in [1.82, 2.24) is 10.2 Å². The Morgan fingerprint density at radius 3 is 3.05 bits per heavy atom. The smallest absolute Gasteiger partial charge is 0.157 e. The van der Waals surface area contributed by atoms with Crippen LogP contribution in [0, 0.1) is 0 Å². The van der Waals surface area contributed by atoms with Crippen molar-refractivity contribution in [3.63, 3.8) is 0 Å². The molecule has 0 radical (unpaired) electrons. The van der Waals surface area contributed by atoms with E-state index in [1.807, 2.05) is 11.8 Å². The van der Waals surface area contributed by atoms with Crippen LogP contribution in [-0.2, 0) is 4.74 Å². The second-order valence-corrected chi connectivity index (χ2v) is 7.26. The van der Waals surface area contributed by atoms with Gasteiger partial charge in [0.15, 0.2) is 5.17 Å². The lowest BCUT2D eigenvalue weighted by atomic mass is 9.96. The fraction of sp³-hybridized carbons (Fsp3) is 0.933. The molecule has 3 aliphatic heterocycles. The monoisotopic (exact) mass is 297 g/mol. The zero-order valence-electron chi connectivity index (χ0n) is 12.7. The van der Waals surface area contributed by atoms with Gasteiger partial charge in [0.2, 0.25) is 0 Å². The molecule has 2 unspecified atom stereocenters. The third kappa shape index (κ3) is 3.00. The summed E-state index contributed by atoms with van der Waals surface area (Å²) in [6.07, 6.45) is 5.28.